The number of likely N-dealkylation sites (tertiary alicyclic amines) is 1. The van der Waals surface area contributed by atoms with Crippen LogP contribution in [0.1, 0.15) is 54.1 Å². The minimum Gasteiger partial charge on any atom is -0.497 e. The Kier molecular flexibility index (Phi) is 6.10. The van der Waals surface area contributed by atoms with Crippen molar-refractivity contribution in [1.82, 2.24) is 9.47 Å². The lowest BCUT2D eigenvalue weighted by atomic mass is 9.93. The summed E-state index contributed by atoms with van der Waals surface area (Å²) in [4.78, 5) is 12.3. The van der Waals surface area contributed by atoms with Crippen LogP contribution in [0.5, 0.6) is 5.75 Å². The Hall–Kier alpha value is -3.07. The summed E-state index contributed by atoms with van der Waals surface area (Å²) in [5.41, 5.74) is 7.26. The first kappa shape index (κ1) is 22.1. The summed E-state index contributed by atoms with van der Waals surface area (Å²) in [5.74, 6) is 4.27. The average Bonchev–Trinajstić information content (AvgIpc) is 2.90. The number of aliphatic imine (C=N–C) groups is 2. The van der Waals surface area contributed by atoms with Gasteiger partial charge in [0.15, 0.2) is 0 Å². The zero-order chi connectivity index (χ0) is 23.0. The number of benzene rings is 1. The molecule has 2 aliphatic heterocycles. The second-order valence-electron chi connectivity index (χ2n) is 9.11. The Morgan fingerprint density at radius 2 is 1.72 bits per heavy atom. The SMILES string of the molecule is COc1cc(C)c(-n2c(C)c(C)c3c2N=C(C)N=C(N2CCC(CC#N)CC2)C3)c(C)c1. The molecule has 168 valence electrons. The van der Waals surface area contributed by atoms with Gasteiger partial charge in [-0.1, -0.05) is 0 Å². The maximum absolute atomic E-state index is 9.02. The Labute approximate surface area is 191 Å². The fourth-order valence-corrected chi connectivity index (χ4v) is 5.11. The van der Waals surface area contributed by atoms with Gasteiger partial charge in [0.25, 0.3) is 0 Å². The average molecular weight is 432 g/mol. The third kappa shape index (κ3) is 3.92. The number of piperidine rings is 1. The number of amidine groups is 2. The summed E-state index contributed by atoms with van der Waals surface area (Å²) in [5, 5.41) is 9.02. The predicted molar refractivity (Wildman–Crippen MR) is 130 cm³/mol. The molecule has 1 saturated heterocycles. The molecule has 0 saturated carbocycles. The van der Waals surface area contributed by atoms with E-state index < -0.39 is 0 Å². The van der Waals surface area contributed by atoms with Crippen LogP contribution in [0.25, 0.3) is 5.69 Å². The van der Waals surface area contributed by atoms with Gasteiger partial charge in [-0.25, -0.2) is 9.98 Å². The second kappa shape index (κ2) is 8.82. The minimum absolute atomic E-state index is 0.513. The zero-order valence-electron chi connectivity index (χ0n) is 20.1. The van der Waals surface area contributed by atoms with Crippen LogP contribution in [0.2, 0.25) is 0 Å². The smallest absolute Gasteiger partial charge is 0.143 e. The van der Waals surface area contributed by atoms with E-state index in [4.69, 9.17) is 20.0 Å². The Morgan fingerprint density at radius 3 is 2.31 bits per heavy atom. The number of nitrogens with zero attached hydrogens (tertiary/aromatic N) is 5. The number of aromatic nitrogens is 1. The molecule has 32 heavy (non-hydrogen) atoms. The van der Waals surface area contributed by atoms with E-state index in [0.29, 0.717) is 12.3 Å². The number of hydrogen-bond donors (Lipinski definition) is 0. The molecule has 6 nitrogen and oxygen atoms in total. The molecular weight excluding hydrogens is 398 g/mol. The molecule has 4 rings (SSSR count). The van der Waals surface area contributed by atoms with Gasteiger partial charge in [0.2, 0.25) is 0 Å². The first-order chi connectivity index (χ1) is 15.3. The first-order valence-electron chi connectivity index (χ1n) is 11.4. The van der Waals surface area contributed by atoms with Crippen molar-refractivity contribution in [3.8, 4) is 17.5 Å². The largest absolute Gasteiger partial charge is 0.497 e. The van der Waals surface area contributed by atoms with Crippen LogP contribution in [0.4, 0.5) is 5.82 Å². The highest BCUT2D eigenvalue weighted by atomic mass is 16.5. The third-order valence-corrected chi connectivity index (χ3v) is 6.99. The van der Waals surface area contributed by atoms with Crippen molar-refractivity contribution in [3.05, 3.63) is 40.1 Å². The van der Waals surface area contributed by atoms with Gasteiger partial charge in [0, 0.05) is 37.2 Å². The van der Waals surface area contributed by atoms with Crippen LogP contribution in [0.3, 0.4) is 0 Å². The van der Waals surface area contributed by atoms with Crippen molar-refractivity contribution < 1.29 is 4.74 Å². The fraction of sp³-hybridized carbons (Fsp3) is 0.500. The summed E-state index contributed by atoms with van der Waals surface area (Å²) >= 11 is 0. The molecule has 0 aliphatic carbocycles. The molecule has 3 heterocycles. The number of fused-ring (bicyclic) bond motifs is 1. The molecule has 6 heteroatoms. The summed E-state index contributed by atoms with van der Waals surface area (Å²) in [6.45, 7) is 12.6. The molecule has 0 atom stereocenters. The van der Waals surface area contributed by atoms with E-state index in [9.17, 15) is 0 Å². The van der Waals surface area contributed by atoms with Crippen LogP contribution in [0, 0.1) is 44.9 Å². The third-order valence-electron chi connectivity index (χ3n) is 6.99. The van der Waals surface area contributed by atoms with Gasteiger partial charge < -0.3 is 9.64 Å². The predicted octanol–water partition coefficient (Wildman–Crippen LogP) is 5.35. The Morgan fingerprint density at radius 1 is 1.06 bits per heavy atom. The van der Waals surface area contributed by atoms with E-state index in [1.54, 1.807) is 7.11 Å². The molecule has 1 aromatic heterocycles. The second-order valence-corrected chi connectivity index (χ2v) is 9.11. The van der Waals surface area contributed by atoms with E-state index in [1.807, 2.05) is 6.92 Å². The topological polar surface area (TPSA) is 65.9 Å². The van der Waals surface area contributed by atoms with E-state index in [-0.39, 0.29) is 0 Å². The van der Waals surface area contributed by atoms with Gasteiger partial charge in [-0.05, 0) is 82.2 Å². The van der Waals surface area contributed by atoms with Gasteiger partial charge in [0.05, 0.1) is 18.9 Å². The highest BCUT2D eigenvalue weighted by molar-refractivity contribution is 6.00. The van der Waals surface area contributed by atoms with Crippen molar-refractivity contribution in [1.29, 1.82) is 5.26 Å². The van der Waals surface area contributed by atoms with Gasteiger partial charge in [-0.2, -0.15) is 5.26 Å². The zero-order valence-corrected chi connectivity index (χ0v) is 20.1. The highest BCUT2D eigenvalue weighted by Crippen LogP contribution is 2.38. The fourth-order valence-electron chi connectivity index (χ4n) is 5.11. The minimum atomic E-state index is 0.513. The summed E-state index contributed by atoms with van der Waals surface area (Å²) in [7, 11) is 1.71. The lowest BCUT2D eigenvalue weighted by molar-refractivity contribution is 0.267. The first-order valence-corrected chi connectivity index (χ1v) is 11.4. The normalized spacial score (nSPS) is 16.7. The standard InChI is InChI=1S/C26H33N5O/c1-16-13-22(32-6)14-17(2)25(16)31-19(4)18(3)23-15-24(28-20(5)29-26(23)31)30-11-8-21(7-10-27)9-12-30/h13-14,21H,7-9,11-12,15H2,1-6H3. The molecule has 0 bridgehead atoms. The molecule has 2 aliphatic rings. The molecule has 0 radical (unpaired) electrons. The lowest BCUT2D eigenvalue weighted by Gasteiger charge is -2.33. The van der Waals surface area contributed by atoms with Gasteiger partial charge in [-0.3, -0.25) is 4.57 Å². The number of aryl methyl sites for hydroxylation is 2. The van der Waals surface area contributed by atoms with Crippen molar-refractivity contribution in [2.75, 3.05) is 20.2 Å². The van der Waals surface area contributed by atoms with E-state index in [2.05, 4.69) is 55.4 Å². The molecule has 0 N–H and O–H groups in total. The van der Waals surface area contributed by atoms with Crippen LogP contribution in [-0.4, -0.2) is 41.3 Å². The van der Waals surface area contributed by atoms with Gasteiger partial charge in [-0.15, -0.1) is 0 Å². The van der Waals surface area contributed by atoms with Crippen LogP contribution >= 0.6 is 0 Å². The maximum atomic E-state index is 9.02. The van der Waals surface area contributed by atoms with Crippen LogP contribution < -0.4 is 4.74 Å². The van der Waals surface area contributed by atoms with E-state index in [0.717, 1.165) is 55.6 Å². The number of nitriles is 1. The number of rotatable bonds is 3. The summed E-state index contributed by atoms with van der Waals surface area (Å²) in [6.07, 6.45) is 3.55. The van der Waals surface area contributed by atoms with Gasteiger partial charge >= 0.3 is 0 Å². The van der Waals surface area contributed by atoms with Gasteiger partial charge in [0.1, 0.15) is 23.2 Å². The molecular formula is C26H33N5O. The van der Waals surface area contributed by atoms with Crippen LogP contribution in [0.15, 0.2) is 22.1 Å². The molecule has 0 unspecified atom stereocenters. The van der Waals surface area contributed by atoms with Crippen LogP contribution in [-0.2, 0) is 6.42 Å². The van der Waals surface area contributed by atoms with Crippen molar-refractivity contribution in [2.24, 2.45) is 15.9 Å². The summed E-state index contributed by atoms with van der Waals surface area (Å²) < 4.78 is 7.78. The number of ether oxygens (including phenoxy) is 1. The maximum Gasteiger partial charge on any atom is 0.143 e. The Bertz CT molecular complexity index is 1120. The monoisotopic (exact) mass is 431 g/mol. The Balaban J connectivity index is 1.74. The quantitative estimate of drug-likeness (QED) is 0.658. The van der Waals surface area contributed by atoms with E-state index >= 15 is 0 Å². The number of hydrogen-bond acceptors (Lipinski definition) is 5. The molecule has 1 fully saturated rings. The molecule has 2 aromatic rings. The van der Waals surface area contributed by atoms with Crippen molar-refractivity contribution in [3.63, 3.8) is 0 Å². The summed E-state index contributed by atoms with van der Waals surface area (Å²) in [6, 6.07) is 6.51. The van der Waals surface area contributed by atoms with Crippen molar-refractivity contribution in [2.45, 2.75) is 60.3 Å². The molecule has 0 amide bonds. The highest BCUT2D eigenvalue weighted by Gasteiger charge is 2.28. The lowest BCUT2D eigenvalue weighted by Crippen LogP contribution is -2.39. The molecule has 1 aromatic carbocycles. The number of methoxy groups -OCH3 is 1. The molecule has 0 spiro atoms. The van der Waals surface area contributed by atoms with E-state index in [1.165, 1.54) is 33.6 Å². The van der Waals surface area contributed by atoms with Crippen molar-refractivity contribution >= 4 is 17.5 Å².